The largest absolute Gasteiger partial charge is 0.477 e. The van der Waals surface area contributed by atoms with Crippen molar-refractivity contribution in [3.05, 3.63) is 62.2 Å². The summed E-state index contributed by atoms with van der Waals surface area (Å²) in [6.07, 6.45) is -4.83. The molecule has 0 amide bonds. The molecule has 0 aliphatic carbocycles. The van der Waals surface area contributed by atoms with E-state index in [0.717, 1.165) is 24.3 Å². The van der Waals surface area contributed by atoms with Gasteiger partial charge in [0.1, 0.15) is 17.1 Å². The fourth-order valence-corrected chi connectivity index (χ4v) is 2.83. The number of alkyl halides is 3. The van der Waals surface area contributed by atoms with Crippen molar-refractivity contribution in [2.45, 2.75) is 26.4 Å². The molecule has 0 aromatic heterocycles. The molecule has 0 saturated heterocycles. The van der Waals surface area contributed by atoms with Gasteiger partial charge in [0.05, 0.1) is 28.0 Å². The minimum atomic E-state index is -4.63. The van der Waals surface area contributed by atoms with Crippen LogP contribution >= 0.6 is 11.6 Å². The average molecular weight is 476 g/mol. The number of rotatable bonds is 8. The highest BCUT2D eigenvalue weighted by molar-refractivity contribution is 6.32. The highest BCUT2D eigenvalue weighted by Crippen LogP contribution is 2.38. The number of carboxylic acid groups (broad SMARTS) is 1. The van der Waals surface area contributed by atoms with Crippen LogP contribution in [0, 0.1) is 16.0 Å². The first-order chi connectivity index (χ1) is 14.8. The van der Waals surface area contributed by atoms with Crippen molar-refractivity contribution in [3.8, 4) is 11.5 Å². The van der Waals surface area contributed by atoms with Gasteiger partial charge in [-0.1, -0.05) is 25.4 Å². The zero-order chi connectivity index (χ0) is 24.2. The number of nitro groups is 1. The highest BCUT2D eigenvalue weighted by atomic mass is 35.5. The lowest BCUT2D eigenvalue weighted by molar-refractivity contribution is -0.385. The summed E-state index contributed by atoms with van der Waals surface area (Å²) in [5.74, 6) is -3.03. The number of nitro benzene ring substituents is 1. The molecular weight excluding hydrogens is 459 g/mol. The average Bonchev–Trinajstić information content (AvgIpc) is 2.67. The molecule has 0 fully saturated rings. The van der Waals surface area contributed by atoms with E-state index in [9.17, 15) is 38.0 Å². The molecule has 0 aliphatic heterocycles. The van der Waals surface area contributed by atoms with Gasteiger partial charge in [-0.05, 0) is 24.3 Å². The Morgan fingerprint density at radius 2 is 1.88 bits per heavy atom. The maximum absolute atomic E-state index is 12.8. The smallest absolute Gasteiger partial charge is 0.416 e. The summed E-state index contributed by atoms with van der Waals surface area (Å²) < 4.78 is 48.8. The Kier molecular flexibility index (Phi) is 7.68. The standard InChI is InChI=1S/C20H17ClF3NO7/c1-10(2)19(28)31-6-5-11-7-13(9-14(18(26)27)17(11)25(29)30)32-16-4-3-12(8-15(16)21)20(22,23)24/h3-4,7-10H,5-6H2,1-2H3,(H,26,27). The number of hydrogen-bond acceptors (Lipinski definition) is 6. The maximum atomic E-state index is 12.8. The minimum absolute atomic E-state index is 0.107. The van der Waals surface area contributed by atoms with E-state index in [4.69, 9.17) is 21.1 Å². The maximum Gasteiger partial charge on any atom is 0.416 e. The van der Waals surface area contributed by atoms with E-state index >= 15 is 0 Å². The highest BCUT2D eigenvalue weighted by Gasteiger charge is 2.31. The summed E-state index contributed by atoms with van der Waals surface area (Å²) in [5, 5.41) is 20.5. The van der Waals surface area contributed by atoms with Crippen LogP contribution in [0.1, 0.15) is 35.3 Å². The zero-order valence-corrected chi connectivity index (χ0v) is 17.5. The number of carboxylic acids is 1. The molecule has 12 heteroatoms. The van der Waals surface area contributed by atoms with Crippen LogP contribution in [-0.4, -0.2) is 28.6 Å². The number of aromatic carboxylic acids is 1. The molecule has 8 nitrogen and oxygen atoms in total. The predicted molar refractivity (Wildman–Crippen MR) is 106 cm³/mol. The van der Waals surface area contributed by atoms with Crippen molar-refractivity contribution in [1.29, 1.82) is 0 Å². The Hall–Kier alpha value is -3.34. The summed E-state index contributed by atoms with van der Waals surface area (Å²) in [5.41, 5.74) is -2.55. The van der Waals surface area contributed by atoms with E-state index in [1.165, 1.54) is 0 Å². The number of nitrogens with zero attached hydrogens (tertiary/aromatic N) is 1. The van der Waals surface area contributed by atoms with Crippen LogP contribution in [0.25, 0.3) is 0 Å². The third-order valence-electron chi connectivity index (χ3n) is 4.15. The second kappa shape index (κ2) is 9.86. The molecule has 2 aromatic carbocycles. The van der Waals surface area contributed by atoms with Gasteiger partial charge in [0.2, 0.25) is 0 Å². The molecule has 32 heavy (non-hydrogen) atoms. The predicted octanol–water partition coefficient (Wildman–Crippen LogP) is 5.50. The topological polar surface area (TPSA) is 116 Å². The van der Waals surface area contributed by atoms with Crippen LogP contribution in [0.3, 0.4) is 0 Å². The Labute approximate surface area is 184 Å². The second-order valence-electron chi connectivity index (χ2n) is 6.86. The molecule has 0 saturated carbocycles. The van der Waals surface area contributed by atoms with Crippen molar-refractivity contribution in [3.63, 3.8) is 0 Å². The third-order valence-corrected chi connectivity index (χ3v) is 4.44. The van der Waals surface area contributed by atoms with Gasteiger partial charge in [0, 0.05) is 18.1 Å². The van der Waals surface area contributed by atoms with E-state index in [0.29, 0.717) is 6.07 Å². The van der Waals surface area contributed by atoms with Crippen LogP contribution in [-0.2, 0) is 22.1 Å². The van der Waals surface area contributed by atoms with Gasteiger partial charge in [-0.2, -0.15) is 13.2 Å². The van der Waals surface area contributed by atoms with E-state index in [1.54, 1.807) is 13.8 Å². The van der Waals surface area contributed by atoms with E-state index in [1.807, 2.05) is 0 Å². The van der Waals surface area contributed by atoms with Crippen molar-refractivity contribution >= 4 is 29.2 Å². The minimum Gasteiger partial charge on any atom is -0.477 e. The SMILES string of the molecule is CC(C)C(=O)OCCc1cc(Oc2ccc(C(F)(F)F)cc2Cl)cc(C(=O)O)c1[N+](=O)[O-]. The Bertz CT molecular complexity index is 1050. The molecule has 1 N–H and O–H groups in total. The lowest BCUT2D eigenvalue weighted by Gasteiger charge is -2.13. The molecule has 0 unspecified atom stereocenters. The van der Waals surface area contributed by atoms with Crippen LogP contribution in [0.15, 0.2) is 30.3 Å². The van der Waals surface area contributed by atoms with E-state index in [-0.39, 0.29) is 30.1 Å². The van der Waals surface area contributed by atoms with Gasteiger partial charge in [0.25, 0.3) is 5.69 Å². The Morgan fingerprint density at radius 1 is 1.22 bits per heavy atom. The number of carbonyl (C=O) groups excluding carboxylic acids is 1. The molecule has 2 rings (SSSR count). The molecular formula is C20H17ClF3NO7. The van der Waals surface area contributed by atoms with Gasteiger partial charge in [-0.25, -0.2) is 4.79 Å². The lowest BCUT2D eigenvalue weighted by Crippen LogP contribution is -2.14. The normalized spacial score (nSPS) is 11.3. The fraction of sp³-hybridized carbons (Fsp3) is 0.300. The van der Waals surface area contributed by atoms with Crippen molar-refractivity contribution in [1.82, 2.24) is 0 Å². The van der Waals surface area contributed by atoms with Gasteiger partial charge >= 0.3 is 18.1 Å². The van der Waals surface area contributed by atoms with Crippen LogP contribution in [0.4, 0.5) is 18.9 Å². The summed E-state index contributed by atoms with van der Waals surface area (Å²) >= 11 is 5.85. The molecule has 0 atom stereocenters. The Balaban J connectivity index is 2.43. The van der Waals surface area contributed by atoms with Gasteiger partial charge in [-0.3, -0.25) is 14.9 Å². The molecule has 2 aromatic rings. The van der Waals surface area contributed by atoms with Crippen molar-refractivity contribution < 1.29 is 42.3 Å². The number of hydrogen-bond donors (Lipinski definition) is 1. The molecule has 172 valence electrons. The summed E-state index contributed by atoms with van der Waals surface area (Å²) in [7, 11) is 0. The summed E-state index contributed by atoms with van der Waals surface area (Å²) in [4.78, 5) is 33.8. The molecule has 0 aliphatic rings. The summed E-state index contributed by atoms with van der Waals surface area (Å²) in [6.45, 7) is 2.92. The lowest BCUT2D eigenvalue weighted by atomic mass is 10.0. The molecule has 0 bridgehead atoms. The zero-order valence-electron chi connectivity index (χ0n) is 16.7. The van der Waals surface area contributed by atoms with Gasteiger partial charge < -0.3 is 14.6 Å². The number of esters is 1. The first-order valence-corrected chi connectivity index (χ1v) is 9.45. The first-order valence-electron chi connectivity index (χ1n) is 9.07. The Morgan fingerprint density at radius 3 is 2.38 bits per heavy atom. The number of carbonyl (C=O) groups is 2. The quantitative estimate of drug-likeness (QED) is 0.304. The van der Waals surface area contributed by atoms with Crippen LogP contribution in [0.2, 0.25) is 5.02 Å². The number of benzene rings is 2. The number of ether oxygens (including phenoxy) is 2. The third kappa shape index (κ3) is 6.10. The monoisotopic (exact) mass is 475 g/mol. The second-order valence-corrected chi connectivity index (χ2v) is 7.27. The van der Waals surface area contributed by atoms with E-state index in [2.05, 4.69) is 0 Å². The fourth-order valence-electron chi connectivity index (χ4n) is 2.61. The van der Waals surface area contributed by atoms with E-state index < -0.39 is 50.8 Å². The van der Waals surface area contributed by atoms with Crippen LogP contribution in [0.5, 0.6) is 11.5 Å². The molecule has 0 spiro atoms. The molecule has 0 radical (unpaired) electrons. The number of halogens is 4. The summed E-state index contributed by atoms with van der Waals surface area (Å²) in [6, 6.07) is 4.29. The molecule has 0 heterocycles. The first kappa shape index (κ1) is 24.9. The van der Waals surface area contributed by atoms with Crippen molar-refractivity contribution in [2.75, 3.05) is 6.61 Å². The van der Waals surface area contributed by atoms with Gasteiger partial charge in [-0.15, -0.1) is 0 Å². The van der Waals surface area contributed by atoms with Gasteiger partial charge in [0.15, 0.2) is 0 Å². The van der Waals surface area contributed by atoms with Crippen molar-refractivity contribution in [2.24, 2.45) is 5.92 Å². The van der Waals surface area contributed by atoms with Crippen LogP contribution < -0.4 is 4.74 Å².